The van der Waals surface area contributed by atoms with Gasteiger partial charge in [0.2, 0.25) is 5.91 Å². The molecule has 0 bridgehead atoms. The lowest BCUT2D eigenvalue weighted by Crippen LogP contribution is -2.54. The molecule has 0 aromatic rings. The van der Waals surface area contributed by atoms with E-state index in [4.69, 9.17) is 5.73 Å². The van der Waals surface area contributed by atoms with Crippen molar-refractivity contribution in [2.24, 2.45) is 52.1 Å². The van der Waals surface area contributed by atoms with Gasteiger partial charge in [-0.05, 0) is 136 Å². The van der Waals surface area contributed by atoms with Crippen molar-refractivity contribution in [2.45, 2.75) is 123 Å². The normalized spacial score (nSPS) is 41.5. The second-order valence-corrected chi connectivity index (χ2v) is 13.6. The summed E-state index contributed by atoms with van der Waals surface area (Å²) in [4.78, 5) is 24.2. The molecule has 36 heavy (non-hydrogen) atoms. The standard InChI is InChI=1S/C30H52N2O4/c1-19(7-12-27(34)32-26(28(35)36)6-4-5-17-31)23-10-11-24-22-9-8-20-18-21(33)13-15-29(20,2)25(22)14-16-30(23,24)3/h19-26,33H,4-18,31H2,1-3H3,(H,32,34)(H,35,36)/t19-,20-,21-,22+,23-,24+,25+,26?,29+,30-/m1/s1. The van der Waals surface area contributed by atoms with Crippen molar-refractivity contribution in [1.29, 1.82) is 0 Å². The Labute approximate surface area is 218 Å². The van der Waals surface area contributed by atoms with E-state index < -0.39 is 12.0 Å². The smallest absolute Gasteiger partial charge is 0.326 e. The predicted molar refractivity (Wildman–Crippen MR) is 142 cm³/mol. The molecule has 4 rings (SSSR count). The van der Waals surface area contributed by atoms with Crippen molar-refractivity contribution in [3.8, 4) is 0 Å². The molecule has 0 aliphatic heterocycles. The molecule has 206 valence electrons. The topological polar surface area (TPSA) is 113 Å². The van der Waals surface area contributed by atoms with Crippen molar-refractivity contribution in [2.75, 3.05) is 6.54 Å². The minimum Gasteiger partial charge on any atom is -0.480 e. The molecule has 1 amide bonds. The Morgan fingerprint density at radius 3 is 2.42 bits per heavy atom. The molecule has 4 fully saturated rings. The van der Waals surface area contributed by atoms with Crippen LogP contribution in [-0.2, 0) is 9.59 Å². The van der Waals surface area contributed by atoms with Gasteiger partial charge in [0.05, 0.1) is 6.10 Å². The quantitative estimate of drug-likeness (QED) is 0.308. The maximum Gasteiger partial charge on any atom is 0.326 e. The number of nitrogens with two attached hydrogens (primary N) is 1. The van der Waals surface area contributed by atoms with Crippen LogP contribution >= 0.6 is 0 Å². The molecule has 6 nitrogen and oxygen atoms in total. The van der Waals surface area contributed by atoms with Crippen LogP contribution in [0.2, 0.25) is 0 Å². The number of carboxylic acid groups (broad SMARTS) is 1. The van der Waals surface area contributed by atoms with Gasteiger partial charge in [0.15, 0.2) is 0 Å². The molecule has 0 aromatic heterocycles. The van der Waals surface area contributed by atoms with Crippen molar-refractivity contribution >= 4 is 11.9 Å². The van der Waals surface area contributed by atoms with Crippen molar-refractivity contribution in [3.05, 3.63) is 0 Å². The largest absolute Gasteiger partial charge is 0.480 e. The summed E-state index contributed by atoms with van der Waals surface area (Å²) in [6, 6.07) is -0.805. The van der Waals surface area contributed by atoms with Crippen molar-refractivity contribution in [1.82, 2.24) is 5.32 Å². The lowest BCUT2D eigenvalue weighted by Gasteiger charge is -2.61. The van der Waals surface area contributed by atoms with Gasteiger partial charge >= 0.3 is 5.97 Å². The molecule has 0 heterocycles. The molecule has 1 unspecified atom stereocenters. The Bertz CT molecular complexity index is 789. The summed E-state index contributed by atoms with van der Waals surface area (Å²) >= 11 is 0. The van der Waals surface area contributed by atoms with Gasteiger partial charge in [-0.1, -0.05) is 20.8 Å². The van der Waals surface area contributed by atoms with Gasteiger partial charge in [0, 0.05) is 6.42 Å². The maximum absolute atomic E-state index is 12.6. The minimum absolute atomic E-state index is 0.0842. The first-order chi connectivity index (χ1) is 17.1. The number of amides is 1. The SMILES string of the molecule is C[C@H](CCC(=O)NC(CCCCN)C(=O)O)[C@H]1CC[C@H]2[C@@H]3CC[C@@H]4C[C@H](O)CC[C@]4(C)[C@H]3CC[C@]12C. The molecule has 5 N–H and O–H groups in total. The number of aliphatic carboxylic acids is 1. The first-order valence-corrected chi connectivity index (χ1v) is 15.0. The highest BCUT2D eigenvalue weighted by molar-refractivity contribution is 5.83. The number of hydrogen-bond donors (Lipinski definition) is 4. The summed E-state index contributed by atoms with van der Waals surface area (Å²) in [6.45, 7) is 7.98. The first-order valence-electron chi connectivity index (χ1n) is 15.0. The number of unbranched alkanes of at least 4 members (excludes halogenated alkanes) is 1. The molecule has 0 spiro atoms. The molecule has 4 aliphatic rings. The fourth-order valence-corrected chi connectivity index (χ4v) is 9.79. The van der Waals surface area contributed by atoms with Crippen molar-refractivity contribution in [3.63, 3.8) is 0 Å². The molecule has 10 atom stereocenters. The van der Waals surface area contributed by atoms with Gasteiger partial charge in [0.1, 0.15) is 6.04 Å². The van der Waals surface area contributed by atoms with Crippen LogP contribution in [0, 0.1) is 46.3 Å². The number of fused-ring (bicyclic) bond motifs is 5. The summed E-state index contributed by atoms with van der Waals surface area (Å²) in [7, 11) is 0. The van der Waals surface area contributed by atoms with E-state index >= 15 is 0 Å². The van der Waals surface area contributed by atoms with Crippen molar-refractivity contribution < 1.29 is 19.8 Å². The second kappa shape index (κ2) is 11.3. The van der Waals surface area contributed by atoms with Gasteiger partial charge < -0.3 is 21.3 Å². The van der Waals surface area contributed by atoms with E-state index in [9.17, 15) is 19.8 Å². The lowest BCUT2D eigenvalue weighted by atomic mass is 9.44. The molecule has 0 aromatic carbocycles. The van der Waals surface area contributed by atoms with Crippen LogP contribution < -0.4 is 11.1 Å². The third-order valence-corrected chi connectivity index (χ3v) is 11.8. The highest BCUT2D eigenvalue weighted by Crippen LogP contribution is 2.68. The summed E-state index contributed by atoms with van der Waals surface area (Å²) in [5, 5.41) is 22.5. The maximum atomic E-state index is 12.6. The number of rotatable bonds is 10. The van der Waals surface area contributed by atoms with E-state index in [2.05, 4.69) is 26.1 Å². The Morgan fingerprint density at radius 2 is 1.69 bits per heavy atom. The van der Waals surface area contributed by atoms with Gasteiger partial charge in [-0.15, -0.1) is 0 Å². The fourth-order valence-electron chi connectivity index (χ4n) is 9.79. The van der Waals surface area contributed by atoms with Crippen LogP contribution in [0.5, 0.6) is 0 Å². The van der Waals surface area contributed by atoms with E-state index in [0.717, 1.165) is 43.4 Å². The molecule has 0 radical (unpaired) electrons. The number of carbonyl (C=O) groups is 2. The Kier molecular flexibility index (Phi) is 8.76. The molecule has 4 saturated carbocycles. The number of hydrogen-bond acceptors (Lipinski definition) is 4. The van der Waals surface area contributed by atoms with Gasteiger partial charge in [-0.3, -0.25) is 4.79 Å². The number of aliphatic hydroxyl groups excluding tert-OH is 1. The average molecular weight is 505 g/mol. The van der Waals surface area contributed by atoms with E-state index in [1.54, 1.807) is 0 Å². The highest BCUT2D eigenvalue weighted by Gasteiger charge is 2.60. The van der Waals surface area contributed by atoms with Gasteiger partial charge in [-0.2, -0.15) is 0 Å². The third-order valence-electron chi connectivity index (χ3n) is 11.8. The zero-order valence-electron chi connectivity index (χ0n) is 23.0. The number of aliphatic hydroxyl groups is 1. The third kappa shape index (κ3) is 5.36. The molecule has 4 aliphatic carbocycles. The number of nitrogens with one attached hydrogen (secondary N) is 1. The van der Waals surface area contributed by atoms with E-state index in [1.807, 2.05) is 0 Å². The Hall–Kier alpha value is -1.14. The van der Waals surface area contributed by atoms with Crippen LogP contribution in [-0.4, -0.2) is 40.8 Å². The monoisotopic (exact) mass is 504 g/mol. The minimum atomic E-state index is -0.952. The Morgan fingerprint density at radius 1 is 0.972 bits per heavy atom. The fraction of sp³-hybridized carbons (Fsp3) is 0.933. The van der Waals surface area contributed by atoms with E-state index in [1.165, 1.54) is 44.9 Å². The number of carboxylic acids is 1. The van der Waals surface area contributed by atoms with Crippen LogP contribution in [0.3, 0.4) is 0 Å². The van der Waals surface area contributed by atoms with Gasteiger partial charge in [0.25, 0.3) is 0 Å². The average Bonchev–Trinajstić information content (AvgIpc) is 3.19. The molecular formula is C30H52N2O4. The van der Waals surface area contributed by atoms with Gasteiger partial charge in [-0.25, -0.2) is 4.79 Å². The van der Waals surface area contributed by atoms with E-state index in [-0.39, 0.29) is 12.0 Å². The summed E-state index contributed by atoms with van der Waals surface area (Å²) in [6.07, 6.45) is 14.1. The summed E-state index contributed by atoms with van der Waals surface area (Å²) in [5.74, 6) is 3.17. The molecule has 6 heteroatoms. The highest BCUT2D eigenvalue weighted by atomic mass is 16.4. The van der Waals surface area contributed by atoms with Crippen LogP contribution in [0.25, 0.3) is 0 Å². The van der Waals surface area contributed by atoms with Crippen LogP contribution in [0.1, 0.15) is 111 Å². The molecule has 0 saturated heterocycles. The zero-order valence-corrected chi connectivity index (χ0v) is 23.0. The number of carbonyl (C=O) groups excluding carboxylic acids is 1. The Balaban J connectivity index is 1.33. The predicted octanol–water partition coefficient (Wildman–Crippen LogP) is 5.12. The molecular weight excluding hydrogens is 452 g/mol. The summed E-state index contributed by atoms with van der Waals surface area (Å²) < 4.78 is 0. The lowest BCUT2D eigenvalue weighted by molar-refractivity contribution is -0.142. The van der Waals surface area contributed by atoms with E-state index in [0.29, 0.717) is 54.4 Å². The zero-order chi connectivity index (χ0) is 26.1. The summed E-state index contributed by atoms with van der Waals surface area (Å²) in [5.41, 5.74) is 6.30. The van der Waals surface area contributed by atoms with Crippen LogP contribution in [0.15, 0.2) is 0 Å². The first kappa shape index (κ1) is 27.9. The second-order valence-electron chi connectivity index (χ2n) is 13.6. The van der Waals surface area contributed by atoms with Crippen LogP contribution in [0.4, 0.5) is 0 Å².